The predicted octanol–water partition coefficient (Wildman–Crippen LogP) is 2.50. The molecule has 0 bridgehead atoms. The van der Waals surface area contributed by atoms with Gasteiger partial charge in [0.25, 0.3) is 0 Å². The van der Waals surface area contributed by atoms with Crippen LogP contribution in [0.2, 0.25) is 0 Å². The van der Waals surface area contributed by atoms with E-state index in [0.29, 0.717) is 22.7 Å². The van der Waals surface area contributed by atoms with E-state index >= 15 is 0 Å². The normalized spacial score (nSPS) is 10.2. The molecule has 6 nitrogen and oxygen atoms in total. The molecule has 1 aromatic carbocycles. The minimum atomic E-state index is -1.08. The third kappa shape index (κ3) is 3.34. The number of hydrogen-bond acceptors (Lipinski definition) is 5. The summed E-state index contributed by atoms with van der Waals surface area (Å²) in [5.74, 6) is -0.231. The Bertz CT molecular complexity index is 703. The second-order valence-corrected chi connectivity index (χ2v) is 4.59. The van der Waals surface area contributed by atoms with Gasteiger partial charge in [0.1, 0.15) is 11.8 Å². The highest BCUT2D eigenvalue weighted by molar-refractivity contribution is 5.86. The predicted molar refractivity (Wildman–Crippen MR) is 74.9 cm³/mol. The lowest BCUT2D eigenvalue weighted by molar-refractivity contribution is 0.0696. The highest BCUT2D eigenvalue weighted by atomic mass is 16.5. The van der Waals surface area contributed by atoms with Gasteiger partial charge in [0.05, 0.1) is 17.2 Å². The monoisotopic (exact) mass is 283 g/mol. The van der Waals surface area contributed by atoms with Crippen LogP contribution >= 0.6 is 0 Å². The summed E-state index contributed by atoms with van der Waals surface area (Å²) >= 11 is 0. The SMILES string of the molecule is CC(C)Oc1ccc(-c2ncc(C(=O)O)cn2)cc1C#N. The van der Waals surface area contributed by atoms with Crippen LogP contribution in [0.5, 0.6) is 5.75 Å². The summed E-state index contributed by atoms with van der Waals surface area (Å²) in [4.78, 5) is 18.7. The molecule has 1 N–H and O–H groups in total. The summed E-state index contributed by atoms with van der Waals surface area (Å²) in [6, 6.07) is 7.10. The van der Waals surface area contributed by atoms with E-state index in [0.717, 1.165) is 0 Å². The van der Waals surface area contributed by atoms with E-state index < -0.39 is 5.97 Å². The van der Waals surface area contributed by atoms with Crippen LogP contribution < -0.4 is 4.74 Å². The zero-order valence-electron chi connectivity index (χ0n) is 11.6. The average molecular weight is 283 g/mol. The molecule has 0 atom stereocenters. The summed E-state index contributed by atoms with van der Waals surface area (Å²) in [6.45, 7) is 3.76. The van der Waals surface area contributed by atoms with Crippen LogP contribution in [0.1, 0.15) is 29.8 Å². The number of aromatic carboxylic acids is 1. The molecule has 1 aromatic heterocycles. The van der Waals surface area contributed by atoms with Gasteiger partial charge in [0.15, 0.2) is 5.82 Å². The number of carboxylic acid groups (broad SMARTS) is 1. The van der Waals surface area contributed by atoms with Crippen molar-refractivity contribution in [3.8, 4) is 23.2 Å². The minimum Gasteiger partial charge on any atom is -0.490 e. The second kappa shape index (κ2) is 6.01. The quantitative estimate of drug-likeness (QED) is 0.926. The van der Waals surface area contributed by atoms with Gasteiger partial charge in [-0.15, -0.1) is 0 Å². The highest BCUT2D eigenvalue weighted by Gasteiger charge is 2.10. The molecule has 0 amide bonds. The Morgan fingerprint density at radius 3 is 2.52 bits per heavy atom. The van der Waals surface area contributed by atoms with Gasteiger partial charge in [-0.1, -0.05) is 0 Å². The summed E-state index contributed by atoms with van der Waals surface area (Å²) in [7, 11) is 0. The van der Waals surface area contributed by atoms with Gasteiger partial charge in [0, 0.05) is 18.0 Å². The van der Waals surface area contributed by atoms with Crippen molar-refractivity contribution in [2.45, 2.75) is 20.0 Å². The molecule has 2 aromatic rings. The van der Waals surface area contributed by atoms with E-state index in [-0.39, 0.29) is 11.7 Å². The second-order valence-electron chi connectivity index (χ2n) is 4.59. The smallest absolute Gasteiger partial charge is 0.338 e. The zero-order valence-corrected chi connectivity index (χ0v) is 11.6. The number of aromatic nitrogens is 2. The fourth-order valence-electron chi connectivity index (χ4n) is 1.70. The lowest BCUT2D eigenvalue weighted by Gasteiger charge is -2.11. The van der Waals surface area contributed by atoms with Crippen LogP contribution in [0.15, 0.2) is 30.6 Å². The Kier molecular flexibility index (Phi) is 4.14. The molecular weight excluding hydrogens is 270 g/mol. The van der Waals surface area contributed by atoms with Crippen molar-refractivity contribution in [3.63, 3.8) is 0 Å². The van der Waals surface area contributed by atoms with Crippen LogP contribution in [0.4, 0.5) is 0 Å². The largest absolute Gasteiger partial charge is 0.490 e. The molecule has 6 heteroatoms. The topological polar surface area (TPSA) is 96.1 Å². The van der Waals surface area contributed by atoms with E-state index in [1.807, 2.05) is 13.8 Å². The van der Waals surface area contributed by atoms with Crippen LogP contribution in [0.3, 0.4) is 0 Å². The number of nitrogens with zero attached hydrogens (tertiary/aromatic N) is 3. The molecule has 21 heavy (non-hydrogen) atoms. The molecule has 0 aliphatic carbocycles. The molecule has 0 saturated heterocycles. The summed E-state index contributed by atoms with van der Waals surface area (Å²) < 4.78 is 5.54. The lowest BCUT2D eigenvalue weighted by Crippen LogP contribution is -2.07. The molecule has 0 radical (unpaired) electrons. The molecular formula is C15H13N3O3. The number of nitriles is 1. The first-order valence-electron chi connectivity index (χ1n) is 6.27. The number of rotatable bonds is 4. The van der Waals surface area contributed by atoms with Crippen molar-refractivity contribution in [3.05, 3.63) is 41.7 Å². The Morgan fingerprint density at radius 1 is 1.33 bits per heavy atom. The van der Waals surface area contributed by atoms with Crippen molar-refractivity contribution in [2.24, 2.45) is 0 Å². The van der Waals surface area contributed by atoms with Crippen molar-refractivity contribution in [1.82, 2.24) is 9.97 Å². The first-order chi connectivity index (χ1) is 10.0. The Labute approximate surface area is 121 Å². The molecule has 1 heterocycles. The summed E-state index contributed by atoms with van der Waals surface area (Å²) in [5, 5.41) is 18.0. The first-order valence-corrected chi connectivity index (χ1v) is 6.27. The molecule has 0 saturated carbocycles. The average Bonchev–Trinajstić information content (AvgIpc) is 2.47. The first kappa shape index (κ1) is 14.5. The van der Waals surface area contributed by atoms with Gasteiger partial charge in [-0.25, -0.2) is 14.8 Å². The number of benzene rings is 1. The Balaban J connectivity index is 2.36. The van der Waals surface area contributed by atoms with E-state index in [9.17, 15) is 10.1 Å². The number of carboxylic acids is 1. The van der Waals surface area contributed by atoms with Crippen LogP contribution in [0.25, 0.3) is 11.4 Å². The maximum atomic E-state index is 10.8. The fourth-order valence-corrected chi connectivity index (χ4v) is 1.70. The number of carbonyl (C=O) groups is 1. The Hall–Kier alpha value is -2.94. The molecule has 0 aliphatic rings. The van der Waals surface area contributed by atoms with Crippen molar-refractivity contribution < 1.29 is 14.6 Å². The fraction of sp³-hybridized carbons (Fsp3) is 0.200. The van der Waals surface area contributed by atoms with Crippen LogP contribution in [-0.4, -0.2) is 27.1 Å². The zero-order chi connectivity index (χ0) is 15.4. The van der Waals surface area contributed by atoms with Crippen LogP contribution in [0, 0.1) is 11.3 Å². The third-order valence-corrected chi connectivity index (χ3v) is 2.62. The molecule has 0 fully saturated rings. The number of hydrogen-bond donors (Lipinski definition) is 1. The van der Waals surface area contributed by atoms with Gasteiger partial charge in [-0.2, -0.15) is 5.26 Å². The van der Waals surface area contributed by atoms with Crippen molar-refractivity contribution >= 4 is 5.97 Å². The molecule has 0 unspecified atom stereocenters. The highest BCUT2D eigenvalue weighted by Crippen LogP contribution is 2.25. The Morgan fingerprint density at radius 2 is 2.00 bits per heavy atom. The van der Waals surface area contributed by atoms with Gasteiger partial charge < -0.3 is 9.84 Å². The van der Waals surface area contributed by atoms with E-state index in [1.165, 1.54) is 12.4 Å². The van der Waals surface area contributed by atoms with Crippen molar-refractivity contribution in [2.75, 3.05) is 0 Å². The molecule has 0 spiro atoms. The van der Waals surface area contributed by atoms with Gasteiger partial charge in [0.2, 0.25) is 0 Å². The van der Waals surface area contributed by atoms with E-state index in [1.54, 1.807) is 18.2 Å². The molecule has 106 valence electrons. The molecule has 2 rings (SSSR count). The van der Waals surface area contributed by atoms with Gasteiger partial charge in [-0.05, 0) is 32.0 Å². The van der Waals surface area contributed by atoms with Gasteiger partial charge in [-0.3, -0.25) is 0 Å². The standard InChI is InChI=1S/C15H13N3O3/c1-9(2)21-13-4-3-10(5-11(13)6-16)14-17-7-12(8-18-14)15(19)20/h3-5,7-9H,1-2H3,(H,19,20). The molecule has 0 aliphatic heterocycles. The third-order valence-electron chi connectivity index (χ3n) is 2.62. The maximum Gasteiger partial charge on any atom is 0.338 e. The maximum absolute atomic E-state index is 10.8. The van der Waals surface area contributed by atoms with E-state index in [2.05, 4.69) is 16.0 Å². The lowest BCUT2D eigenvalue weighted by atomic mass is 10.1. The summed E-state index contributed by atoms with van der Waals surface area (Å²) in [6.07, 6.45) is 2.43. The van der Waals surface area contributed by atoms with Gasteiger partial charge >= 0.3 is 5.97 Å². The summed E-state index contributed by atoms with van der Waals surface area (Å²) in [5.41, 5.74) is 1.02. The van der Waals surface area contributed by atoms with Crippen molar-refractivity contribution in [1.29, 1.82) is 5.26 Å². The number of ether oxygens (including phenoxy) is 1. The van der Waals surface area contributed by atoms with Crippen LogP contribution in [-0.2, 0) is 0 Å². The van der Waals surface area contributed by atoms with E-state index in [4.69, 9.17) is 9.84 Å². The minimum absolute atomic E-state index is 0.0130.